The molecule has 3 aliphatic rings. The SMILES string of the molecule is CC1(C)C(/C=C/C2=C(Oc3ccc(CCC(=O)O)cc3)C(=C\C=C3\N(CCCP(=O)(O)O)c4ccccc4C3(C)C)/CCC2)=[N+](CCCP(=O)(O)O)c2ccccc21. The molecule has 0 spiro atoms. The van der Waals surface area contributed by atoms with E-state index in [9.17, 15) is 38.6 Å². The second kappa shape index (κ2) is 17.5. The van der Waals surface area contributed by atoms with Gasteiger partial charge in [-0.15, -0.1) is 0 Å². The predicted molar refractivity (Wildman–Crippen MR) is 228 cm³/mol. The molecular weight excluding hydrogens is 774 g/mol. The van der Waals surface area contributed by atoms with E-state index in [1.165, 1.54) is 0 Å². The number of carbonyl (C=O) groups is 1. The van der Waals surface area contributed by atoms with Crippen molar-refractivity contribution in [2.75, 3.05) is 30.3 Å². The summed E-state index contributed by atoms with van der Waals surface area (Å²) in [5, 5.41) is 9.19. The summed E-state index contributed by atoms with van der Waals surface area (Å²) in [6.07, 6.45) is 11.5. The van der Waals surface area contributed by atoms with E-state index < -0.39 is 21.2 Å². The van der Waals surface area contributed by atoms with Crippen LogP contribution >= 0.6 is 15.2 Å². The number of carboxylic acid groups (broad SMARTS) is 1. The molecule has 0 atom stereocenters. The van der Waals surface area contributed by atoms with Gasteiger partial charge < -0.3 is 34.3 Å². The molecule has 5 N–H and O–H groups in total. The van der Waals surface area contributed by atoms with Crippen LogP contribution in [0, 0.1) is 0 Å². The van der Waals surface area contributed by atoms with Gasteiger partial charge in [0.2, 0.25) is 5.69 Å². The zero-order valence-corrected chi connectivity index (χ0v) is 35.5. The number of rotatable bonds is 16. The van der Waals surface area contributed by atoms with E-state index in [1.54, 1.807) is 0 Å². The second-order valence-electron chi connectivity index (χ2n) is 16.4. The Balaban J connectivity index is 1.42. The third-order valence-corrected chi connectivity index (χ3v) is 13.2. The third kappa shape index (κ3) is 10.1. The summed E-state index contributed by atoms with van der Waals surface area (Å²) >= 11 is 0. The molecule has 0 fully saturated rings. The van der Waals surface area contributed by atoms with Gasteiger partial charge in [-0.3, -0.25) is 13.9 Å². The zero-order chi connectivity index (χ0) is 41.9. The van der Waals surface area contributed by atoms with Crippen molar-refractivity contribution in [3.63, 3.8) is 0 Å². The van der Waals surface area contributed by atoms with Gasteiger partial charge >= 0.3 is 21.2 Å². The maximum atomic E-state index is 11.8. The Bertz CT molecular complexity index is 2290. The molecule has 0 aromatic heterocycles. The fourth-order valence-corrected chi connectivity index (χ4v) is 9.54. The van der Waals surface area contributed by atoms with Gasteiger partial charge in [-0.05, 0) is 98.6 Å². The lowest BCUT2D eigenvalue weighted by Gasteiger charge is -2.27. The summed E-state index contributed by atoms with van der Waals surface area (Å²) < 4.78 is 32.5. The summed E-state index contributed by atoms with van der Waals surface area (Å²) in [4.78, 5) is 51.9. The third-order valence-electron chi connectivity index (χ3n) is 11.4. The van der Waals surface area contributed by atoms with Crippen molar-refractivity contribution in [3.05, 3.63) is 136 Å². The van der Waals surface area contributed by atoms with Gasteiger partial charge in [-0.1, -0.05) is 68.5 Å². The second-order valence-corrected chi connectivity index (χ2v) is 19.9. The first kappa shape index (κ1) is 43.2. The van der Waals surface area contributed by atoms with Crippen LogP contribution in [0.15, 0.2) is 120 Å². The Labute approximate surface area is 341 Å². The topological polar surface area (TPSA) is 168 Å². The molecule has 13 heteroatoms. The number of hydrogen-bond donors (Lipinski definition) is 5. The average Bonchev–Trinajstić information content (AvgIpc) is 3.50. The molecule has 1 aliphatic carbocycles. The molecule has 2 heterocycles. The van der Waals surface area contributed by atoms with Crippen LogP contribution in [0.25, 0.3) is 0 Å². The van der Waals surface area contributed by atoms with Crippen molar-refractivity contribution in [2.24, 2.45) is 0 Å². The van der Waals surface area contributed by atoms with E-state index in [0.29, 0.717) is 38.1 Å². The largest absolute Gasteiger partial charge is 0.481 e. The number of anilines is 1. The highest BCUT2D eigenvalue weighted by molar-refractivity contribution is 7.52. The number of para-hydroxylation sites is 2. The number of allylic oxidation sites excluding steroid dienone is 7. The van der Waals surface area contributed by atoms with Gasteiger partial charge in [-0.25, -0.2) is 0 Å². The fraction of sp³-hybridized carbons (Fsp3) is 0.378. The van der Waals surface area contributed by atoms with E-state index in [0.717, 1.165) is 75.6 Å². The maximum Gasteiger partial charge on any atom is 0.325 e. The van der Waals surface area contributed by atoms with Crippen LogP contribution in [-0.4, -0.2) is 66.4 Å². The van der Waals surface area contributed by atoms with Gasteiger partial charge in [0.25, 0.3) is 0 Å². The number of aryl methyl sites for hydroxylation is 1. The molecular formula is C45H55N2O9P2+. The van der Waals surface area contributed by atoms with E-state index in [2.05, 4.69) is 85.7 Å². The summed E-state index contributed by atoms with van der Waals surface area (Å²) in [5.74, 6) is 0.489. The summed E-state index contributed by atoms with van der Waals surface area (Å²) in [6, 6.07) is 23.8. The van der Waals surface area contributed by atoms with E-state index in [1.807, 2.05) is 48.5 Å². The quantitative estimate of drug-likeness (QED) is 0.0695. The number of aliphatic carboxylic acids is 1. The zero-order valence-electron chi connectivity index (χ0n) is 33.7. The van der Waals surface area contributed by atoms with Gasteiger partial charge in [0.1, 0.15) is 18.1 Å². The molecule has 0 radical (unpaired) electrons. The molecule has 3 aromatic rings. The standard InChI is InChI=1S/C45H54N2O9P2/c1-44(2)36-14-5-7-16-38(36)46(28-10-30-57(50,51)52)40(44)25-21-33-12-9-13-34(43(33)56-35-23-18-32(19-24-35)20-27-42(48)49)22-26-41-45(3,4)37-15-6-8-17-39(37)47(41)29-11-31-58(53,54)55/h5-8,14-19,21-26H,9-13,20,27-31H2,1-4H3,(H4-,48,49,50,51,52,53,54,55)/p+1. The molecule has 58 heavy (non-hydrogen) atoms. The molecule has 0 saturated heterocycles. The molecule has 6 rings (SSSR count). The molecule has 0 bridgehead atoms. The van der Waals surface area contributed by atoms with Crippen LogP contribution in [-0.2, 0) is 31.2 Å². The van der Waals surface area contributed by atoms with E-state index in [4.69, 9.17) is 4.74 Å². The lowest BCUT2D eigenvalue weighted by molar-refractivity contribution is -0.437. The van der Waals surface area contributed by atoms with Crippen molar-refractivity contribution >= 4 is 38.2 Å². The molecule has 0 saturated carbocycles. The van der Waals surface area contributed by atoms with Crippen LogP contribution in [0.4, 0.5) is 11.4 Å². The fourth-order valence-electron chi connectivity index (χ4n) is 8.44. The molecule has 0 amide bonds. The Kier molecular flexibility index (Phi) is 13.0. The van der Waals surface area contributed by atoms with E-state index in [-0.39, 0.29) is 29.6 Å². The van der Waals surface area contributed by atoms with Gasteiger partial charge in [0.05, 0.1) is 17.7 Å². The number of fused-ring (bicyclic) bond motifs is 2. The van der Waals surface area contributed by atoms with Crippen LogP contribution in [0.3, 0.4) is 0 Å². The highest BCUT2D eigenvalue weighted by Gasteiger charge is 2.44. The van der Waals surface area contributed by atoms with Gasteiger partial charge in [-0.2, -0.15) is 4.58 Å². The lowest BCUT2D eigenvalue weighted by atomic mass is 9.81. The minimum absolute atomic E-state index is 0.0355. The minimum Gasteiger partial charge on any atom is -0.481 e. The number of nitrogens with zero attached hydrogens (tertiary/aromatic N) is 2. The first-order chi connectivity index (χ1) is 27.3. The van der Waals surface area contributed by atoms with Crippen LogP contribution in [0.1, 0.15) is 82.9 Å². The molecule has 3 aromatic carbocycles. The monoisotopic (exact) mass is 829 g/mol. The Morgan fingerprint density at radius 1 is 0.810 bits per heavy atom. The average molecular weight is 830 g/mol. The van der Waals surface area contributed by atoms with Crippen molar-refractivity contribution < 1.29 is 47.9 Å². The van der Waals surface area contributed by atoms with E-state index >= 15 is 0 Å². The molecule has 11 nitrogen and oxygen atoms in total. The predicted octanol–water partition coefficient (Wildman–Crippen LogP) is 8.90. The number of carboxylic acids is 1. The highest BCUT2D eigenvalue weighted by atomic mass is 31.2. The number of ether oxygens (including phenoxy) is 1. The van der Waals surface area contributed by atoms with Crippen molar-refractivity contribution in [1.29, 1.82) is 0 Å². The van der Waals surface area contributed by atoms with Crippen LogP contribution in [0.2, 0.25) is 0 Å². The van der Waals surface area contributed by atoms with Crippen molar-refractivity contribution in [2.45, 2.75) is 83.5 Å². The first-order valence-electron chi connectivity index (χ1n) is 19.9. The minimum atomic E-state index is -4.16. The molecule has 2 aliphatic heterocycles. The van der Waals surface area contributed by atoms with Crippen molar-refractivity contribution in [1.82, 2.24) is 0 Å². The Hall–Kier alpha value is -4.34. The molecule has 308 valence electrons. The number of hydrogen-bond acceptors (Lipinski definition) is 5. The first-order valence-corrected chi connectivity index (χ1v) is 23.5. The van der Waals surface area contributed by atoms with Crippen molar-refractivity contribution in [3.8, 4) is 5.75 Å². The van der Waals surface area contributed by atoms with Gasteiger partial charge in [0, 0.05) is 53.9 Å². The summed E-state index contributed by atoms with van der Waals surface area (Å²) in [7, 11) is -8.33. The summed E-state index contributed by atoms with van der Waals surface area (Å²) in [5.41, 5.74) is 8.47. The van der Waals surface area contributed by atoms with Gasteiger partial charge in [0.15, 0.2) is 5.71 Å². The van der Waals surface area contributed by atoms with Crippen LogP contribution < -0.4 is 9.64 Å². The molecule has 0 unspecified atom stereocenters. The smallest absolute Gasteiger partial charge is 0.325 e. The summed E-state index contributed by atoms with van der Waals surface area (Å²) in [6.45, 7) is 9.55. The number of benzene rings is 3. The maximum absolute atomic E-state index is 11.8. The Morgan fingerprint density at radius 2 is 1.47 bits per heavy atom. The Morgan fingerprint density at radius 3 is 2.16 bits per heavy atom. The lowest BCUT2D eigenvalue weighted by Crippen LogP contribution is -2.28. The normalized spacial score (nSPS) is 19.1. The highest BCUT2D eigenvalue weighted by Crippen LogP contribution is 2.49. The van der Waals surface area contributed by atoms with Crippen LogP contribution in [0.5, 0.6) is 5.75 Å².